The summed E-state index contributed by atoms with van der Waals surface area (Å²) in [5.74, 6) is 0.196. The minimum atomic E-state index is -3.62. The molecule has 2 aromatic carbocycles. The van der Waals surface area contributed by atoms with Crippen molar-refractivity contribution in [1.29, 1.82) is 0 Å². The summed E-state index contributed by atoms with van der Waals surface area (Å²) >= 11 is 6.04. The first-order valence-electron chi connectivity index (χ1n) is 11.9. The molecule has 2 heterocycles. The molecular formula is C24H30ClN5O3S. The summed E-state index contributed by atoms with van der Waals surface area (Å²) in [6, 6.07) is 10.9. The first-order valence-corrected chi connectivity index (χ1v) is 13.7. The zero-order valence-electron chi connectivity index (χ0n) is 19.1. The molecule has 1 aliphatic carbocycles. The van der Waals surface area contributed by atoms with Crippen molar-refractivity contribution >= 4 is 44.6 Å². The Balaban J connectivity index is 1.15. The summed E-state index contributed by atoms with van der Waals surface area (Å²) in [6.45, 7) is 3.24. The van der Waals surface area contributed by atoms with Crippen LogP contribution in [-0.2, 0) is 14.8 Å². The van der Waals surface area contributed by atoms with Crippen molar-refractivity contribution < 1.29 is 13.2 Å². The van der Waals surface area contributed by atoms with E-state index < -0.39 is 10.0 Å². The van der Waals surface area contributed by atoms with E-state index in [-0.39, 0.29) is 16.7 Å². The van der Waals surface area contributed by atoms with Gasteiger partial charge in [-0.1, -0.05) is 23.7 Å². The number of aliphatic imine (C=N–C) groups is 1. The van der Waals surface area contributed by atoms with Crippen molar-refractivity contribution in [2.75, 3.05) is 39.3 Å². The van der Waals surface area contributed by atoms with Crippen LogP contribution in [-0.4, -0.2) is 80.2 Å². The molecule has 0 bridgehead atoms. The third kappa shape index (κ3) is 4.93. The second-order valence-corrected chi connectivity index (χ2v) is 11.6. The summed E-state index contributed by atoms with van der Waals surface area (Å²) < 4.78 is 28.0. The van der Waals surface area contributed by atoms with Gasteiger partial charge in [0.05, 0.1) is 24.3 Å². The monoisotopic (exact) mass is 503 g/mol. The van der Waals surface area contributed by atoms with Gasteiger partial charge in [0, 0.05) is 43.2 Å². The second-order valence-electron chi connectivity index (χ2n) is 9.28. The van der Waals surface area contributed by atoms with Gasteiger partial charge < -0.3 is 4.90 Å². The molecule has 2 aliphatic heterocycles. The molecule has 34 heavy (non-hydrogen) atoms. The highest BCUT2D eigenvalue weighted by Crippen LogP contribution is 2.28. The van der Waals surface area contributed by atoms with Crippen LogP contribution in [0.5, 0.6) is 0 Å². The van der Waals surface area contributed by atoms with Gasteiger partial charge in [0.15, 0.2) is 0 Å². The van der Waals surface area contributed by atoms with Gasteiger partial charge in [-0.2, -0.15) is 4.31 Å². The molecule has 0 radical (unpaired) electrons. The molecule has 182 valence electrons. The van der Waals surface area contributed by atoms with E-state index in [0.29, 0.717) is 37.2 Å². The number of carbonyl (C=O) groups is 1. The molecule has 1 saturated heterocycles. The van der Waals surface area contributed by atoms with E-state index in [2.05, 4.69) is 10.4 Å². The zero-order chi connectivity index (χ0) is 23.7. The molecule has 0 atom stereocenters. The van der Waals surface area contributed by atoms with Crippen LogP contribution >= 0.6 is 11.6 Å². The molecule has 2 aromatic rings. The van der Waals surface area contributed by atoms with Crippen LogP contribution < -0.4 is 5.43 Å². The summed E-state index contributed by atoms with van der Waals surface area (Å²) in [7, 11) is -3.62. The van der Waals surface area contributed by atoms with E-state index in [9.17, 15) is 13.2 Å². The van der Waals surface area contributed by atoms with Crippen molar-refractivity contribution in [2.24, 2.45) is 10.9 Å². The van der Waals surface area contributed by atoms with E-state index in [1.54, 1.807) is 24.3 Å². The maximum atomic E-state index is 13.2. The highest BCUT2D eigenvalue weighted by atomic mass is 35.5. The Bertz CT molecular complexity index is 1190. The van der Waals surface area contributed by atoms with Crippen molar-refractivity contribution in [3.05, 3.63) is 41.4 Å². The minimum Gasteiger partial charge on any atom is -0.340 e. The number of hydrogen-bond donors (Lipinski definition) is 1. The first kappa shape index (κ1) is 23.5. The fourth-order valence-corrected chi connectivity index (χ4v) is 6.73. The van der Waals surface area contributed by atoms with Crippen LogP contribution in [0, 0.1) is 5.92 Å². The fraction of sp³-hybridized carbons (Fsp3) is 0.500. The van der Waals surface area contributed by atoms with E-state index in [1.165, 1.54) is 4.31 Å². The highest BCUT2D eigenvalue weighted by Gasteiger charge is 2.34. The number of piperazine rings is 1. The molecule has 0 aromatic heterocycles. The lowest BCUT2D eigenvalue weighted by molar-refractivity contribution is -0.138. The molecule has 0 spiro atoms. The largest absolute Gasteiger partial charge is 0.340 e. The van der Waals surface area contributed by atoms with Crippen LogP contribution in [0.4, 0.5) is 0 Å². The van der Waals surface area contributed by atoms with Gasteiger partial charge in [-0.15, -0.1) is 0 Å². The Hall–Kier alpha value is -2.20. The van der Waals surface area contributed by atoms with Crippen LogP contribution in [0.1, 0.15) is 25.7 Å². The van der Waals surface area contributed by atoms with Crippen molar-refractivity contribution in [3.8, 4) is 0 Å². The zero-order valence-corrected chi connectivity index (χ0v) is 20.6. The van der Waals surface area contributed by atoms with E-state index >= 15 is 0 Å². The van der Waals surface area contributed by atoms with E-state index in [0.717, 1.165) is 49.5 Å². The molecule has 2 fully saturated rings. The Morgan fingerprint density at radius 3 is 2.35 bits per heavy atom. The smallest absolute Gasteiger partial charge is 0.243 e. The molecule has 1 N–H and O–H groups in total. The summed E-state index contributed by atoms with van der Waals surface area (Å²) in [4.78, 5) is 19.4. The Morgan fingerprint density at radius 2 is 1.65 bits per heavy atom. The molecule has 8 nitrogen and oxygen atoms in total. The van der Waals surface area contributed by atoms with Gasteiger partial charge in [0.2, 0.25) is 15.9 Å². The summed E-state index contributed by atoms with van der Waals surface area (Å²) in [5, 5.41) is 4.40. The van der Waals surface area contributed by atoms with E-state index in [4.69, 9.17) is 11.6 Å². The Labute approximate surface area is 205 Å². The number of hydrazine groups is 1. The summed E-state index contributed by atoms with van der Waals surface area (Å²) in [6.07, 6.45) is 5.49. The molecule has 1 saturated carbocycles. The quantitative estimate of drug-likeness (QED) is 0.678. The molecule has 0 unspecified atom stereocenters. The van der Waals surface area contributed by atoms with Crippen molar-refractivity contribution in [3.63, 3.8) is 0 Å². The number of rotatable bonds is 5. The number of amides is 1. The third-order valence-electron chi connectivity index (χ3n) is 7.08. The molecule has 1 amide bonds. The predicted molar refractivity (Wildman–Crippen MR) is 133 cm³/mol. The lowest BCUT2D eigenvalue weighted by Gasteiger charge is -2.38. The summed E-state index contributed by atoms with van der Waals surface area (Å²) in [5.41, 5.74) is 3.49. The standard InChI is InChI=1S/C24H30ClN5O3S/c25-21-5-1-20-16-23(8-4-19(20)15-21)34(32,33)30-13-11-28(12-14-30)24(31)18-2-6-22(7-3-18)27-29-10-9-26-17-29/h1,4-5,8,15-18,22,27H,2-3,6-7,9-14H2. The SMILES string of the molecule is O=C(C1CCC(NN2C=NCC2)CC1)N1CCN(S(=O)(=O)c2ccc3cc(Cl)ccc3c2)CC1. The maximum Gasteiger partial charge on any atom is 0.243 e. The number of carbonyl (C=O) groups excluding carboxylic acids is 1. The minimum absolute atomic E-state index is 0.0285. The van der Waals surface area contributed by atoms with Gasteiger partial charge in [-0.3, -0.25) is 14.8 Å². The van der Waals surface area contributed by atoms with Gasteiger partial charge in [-0.05, 0) is 60.7 Å². The number of nitrogens with one attached hydrogen (secondary N) is 1. The maximum absolute atomic E-state index is 13.2. The number of fused-ring (bicyclic) bond motifs is 1. The number of nitrogens with zero attached hydrogens (tertiary/aromatic N) is 4. The predicted octanol–water partition coefficient (Wildman–Crippen LogP) is 2.73. The van der Waals surface area contributed by atoms with Gasteiger partial charge in [0.25, 0.3) is 0 Å². The lowest BCUT2D eigenvalue weighted by atomic mass is 9.85. The topological polar surface area (TPSA) is 85.3 Å². The second kappa shape index (κ2) is 9.81. The number of hydrogen-bond acceptors (Lipinski definition) is 6. The Morgan fingerprint density at radius 1 is 0.941 bits per heavy atom. The average Bonchev–Trinajstić information content (AvgIpc) is 3.37. The number of benzene rings is 2. The van der Waals surface area contributed by atoms with Gasteiger partial charge in [-0.25, -0.2) is 13.8 Å². The van der Waals surface area contributed by atoms with Crippen LogP contribution in [0.2, 0.25) is 5.02 Å². The number of sulfonamides is 1. The molecular weight excluding hydrogens is 474 g/mol. The lowest BCUT2D eigenvalue weighted by Crippen LogP contribution is -2.52. The first-order chi connectivity index (χ1) is 16.4. The van der Waals surface area contributed by atoms with E-state index in [1.807, 2.05) is 28.4 Å². The van der Waals surface area contributed by atoms with Gasteiger partial charge in [0.1, 0.15) is 0 Å². The fourth-order valence-electron chi connectivity index (χ4n) is 5.09. The van der Waals surface area contributed by atoms with Crippen molar-refractivity contribution in [2.45, 2.75) is 36.6 Å². The van der Waals surface area contributed by atoms with Crippen LogP contribution in [0.15, 0.2) is 46.3 Å². The highest BCUT2D eigenvalue weighted by molar-refractivity contribution is 7.89. The number of halogens is 1. The van der Waals surface area contributed by atoms with Gasteiger partial charge >= 0.3 is 0 Å². The molecule has 3 aliphatic rings. The Kier molecular flexibility index (Phi) is 6.79. The molecule has 5 rings (SSSR count). The van der Waals surface area contributed by atoms with Crippen LogP contribution in [0.3, 0.4) is 0 Å². The molecule has 10 heteroatoms. The third-order valence-corrected chi connectivity index (χ3v) is 9.21. The average molecular weight is 504 g/mol. The van der Waals surface area contributed by atoms with Crippen LogP contribution in [0.25, 0.3) is 10.8 Å². The normalized spacial score (nSPS) is 24.1. The van der Waals surface area contributed by atoms with Crippen molar-refractivity contribution in [1.82, 2.24) is 19.6 Å².